The van der Waals surface area contributed by atoms with Gasteiger partial charge in [-0.05, 0) is 12.1 Å². The standard InChI is InChI=1S/C19H22FN7O.ClH/c1-3-16-23-17(24-27(16)14-7-5-4-6-13(14)20)19(28)26-11-8-21-12-15(26)18-22-9-10-25(18)2;/h4-7,9-10,15,21H,3,8,11-12H2,1-2H3;1H. The van der Waals surface area contributed by atoms with Gasteiger partial charge in [-0.25, -0.2) is 19.0 Å². The predicted octanol–water partition coefficient (Wildman–Crippen LogP) is 1.91. The minimum Gasteiger partial charge on any atom is -0.336 e. The van der Waals surface area contributed by atoms with Crippen LogP contribution in [0.5, 0.6) is 0 Å². The Morgan fingerprint density at radius 1 is 1.34 bits per heavy atom. The lowest BCUT2D eigenvalue weighted by Crippen LogP contribution is -2.49. The van der Waals surface area contributed by atoms with Crippen LogP contribution in [0.15, 0.2) is 36.7 Å². The molecule has 1 saturated heterocycles. The fourth-order valence-electron chi connectivity index (χ4n) is 3.48. The van der Waals surface area contributed by atoms with Crippen molar-refractivity contribution in [3.8, 4) is 5.69 Å². The smallest absolute Gasteiger partial charge is 0.294 e. The van der Waals surface area contributed by atoms with E-state index in [0.29, 0.717) is 31.9 Å². The molecule has 4 rings (SSSR count). The lowest BCUT2D eigenvalue weighted by atomic mass is 10.1. The molecule has 1 fully saturated rings. The van der Waals surface area contributed by atoms with Crippen molar-refractivity contribution >= 4 is 18.3 Å². The van der Waals surface area contributed by atoms with Crippen LogP contribution < -0.4 is 5.32 Å². The van der Waals surface area contributed by atoms with Gasteiger partial charge in [0.25, 0.3) is 5.91 Å². The van der Waals surface area contributed by atoms with Crippen molar-refractivity contribution in [1.29, 1.82) is 0 Å². The van der Waals surface area contributed by atoms with Crippen LogP contribution in [-0.2, 0) is 13.5 Å². The Labute approximate surface area is 174 Å². The molecular formula is C19H23ClFN7O. The molecule has 1 N–H and O–H groups in total. The van der Waals surface area contributed by atoms with E-state index < -0.39 is 5.82 Å². The zero-order chi connectivity index (χ0) is 19.7. The van der Waals surface area contributed by atoms with Crippen molar-refractivity contribution in [2.24, 2.45) is 7.05 Å². The Balaban J connectivity index is 0.00000240. The van der Waals surface area contributed by atoms with Gasteiger partial charge in [-0.15, -0.1) is 17.5 Å². The quantitative estimate of drug-likeness (QED) is 0.698. The number of hydrogen-bond donors (Lipinski definition) is 1. The van der Waals surface area contributed by atoms with Crippen molar-refractivity contribution in [1.82, 2.24) is 34.5 Å². The third-order valence-electron chi connectivity index (χ3n) is 4.92. The van der Waals surface area contributed by atoms with Gasteiger partial charge in [-0.2, -0.15) is 0 Å². The summed E-state index contributed by atoms with van der Waals surface area (Å²) in [6.07, 6.45) is 4.10. The molecule has 0 radical (unpaired) electrons. The summed E-state index contributed by atoms with van der Waals surface area (Å²) < 4.78 is 17.6. The van der Waals surface area contributed by atoms with Crippen molar-refractivity contribution in [3.63, 3.8) is 0 Å². The molecule has 1 unspecified atom stereocenters. The van der Waals surface area contributed by atoms with Crippen LogP contribution in [-0.4, -0.2) is 54.8 Å². The van der Waals surface area contributed by atoms with Gasteiger partial charge in [0.2, 0.25) is 5.82 Å². The number of aromatic nitrogens is 5. The summed E-state index contributed by atoms with van der Waals surface area (Å²) >= 11 is 0. The molecule has 0 saturated carbocycles. The number of aryl methyl sites for hydroxylation is 2. The van der Waals surface area contributed by atoms with E-state index in [2.05, 4.69) is 20.4 Å². The Hall–Kier alpha value is -2.78. The molecule has 1 aliphatic rings. The molecule has 8 nitrogen and oxygen atoms in total. The Morgan fingerprint density at radius 3 is 2.83 bits per heavy atom. The topological polar surface area (TPSA) is 80.9 Å². The normalized spacial score (nSPS) is 16.5. The highest BCUT2D eigenvalue weighted by Crippen LogP contribution is 2.23. The van der Waals surface area contributed by atoms with Gasteiger partial charge in [-0.1, -0.05) is 19.1 Å². The summed E-state index contributed by atoms with van der Waals surface area (Å²) in [5.74, 6) is 0.719. The highest BCUT2D eigenvalue weighted by molar-refractivity contribution is 5.91. The molecule has 1 aromatic carbocycles. The number of carbonyl (C=O) groups is 1. The Kier molecular flexibility index (Phi) is 6.29. The first-order chi connectivity index (χ1) is 13.6. The van der Waals surface area contributed by atoms with Crippen molar-refractivity contribution in [2.75, 3.05) is 19.6 Å². The second-order valence-corrected chi connectivity index (χ2v) is 6.68. The zero-order valence-corrected chi connectivity index (χ0v) is 17.1. The number of hydrogen-bond acceptors (Lipinski definition) is 5. The summed E-state index contributed by atoms with van der Waals surface area (Å²) in [5.41, 5.74) is 0.284. The van der Waals surface area contributed by atoms with Crippen LogP contribution in [0.3, 0.4) is 0 Å². The van der Waals surface area contributed by atoms with Crippen LogP contribution in [0.1, 0.15) is 35.2 Å². The largest absolute Gasteiger partial charge is 0.336 e. The summed E-state index contributed by atoms with van der Waals surface area (Å²) in [4.78, 5) is 23.8. The molecule has 1 amide bonds. The Bertz CT molecular complexity index is 1000. The molecule has 3 aromatic rings. The van der Waals surface area contributed by atoms with Crippen LogP contribution in [0.25, 0.3) is 5.69 Å². The second-order valence-electron chi connectivity index (χ2n) is 6.68. The fraction of sp³-hybridized carbons (Fsp3) is 0.368. The number of nitrogens with one attached hydrogen (secondary N) is 1. The maximum absolute atomic E-state index is 14.2. The van der Waals surface area contributed by atoms with Crippen LogP contribution >= 0.6 is 12.4 Å². The van der Waals surface area contributed by atoms with Crippen molar-refractivity contribution in [3.05, 3.63) is 59.9 Å². The van der Waals surface area contributed by atoms with Gasteiger partial charge in [0.1, 0.15) is 29.2 Å². The molecule has 1 aliphatic heterocycles. The van der Waals surface area contributed by atoms with Crippen LogP contribution in [0.4, 0.5) is 4.39 Å². The summed E-state index contributed by atoms with van der Waals surface area (Å²) in [5, 5.41) is 7.66. The van der Waals surface area contributed by atoms with Gasteiger partial charge in [0, 0.05) is 45.5 Å². The lowest BCUT2D eigenvalue weighted by molar-refractivity contribution is 0.0608. The number of rotatable bonds is 4. The third kappa shape index (κ3) is 3.88. The minimum absolute atomic E-state index is 0. The molecular weight excluding hydrogens is 397 g/mol. The molecule has 0 aliphatic carbocycles. The Morgan fingerprint density at radius 2 is 2.14 bits per heavy atom. The molecule has 1 atom stereocenters. The molecule has 154 valence electrons. The second kappa shape index (κ2) is 8.71. The van der Waals surface area contributed by atoms with Gasteiger partial charge in [0.05, 0.1) is 0 Å². The maximum Gasteiger partial charge on any atom is 0.294 e. The van der Waals surface area contributed by atoms with Crippen molar-refractivity contribution in [2.45, 2.75) is 19.4 Å². The van der Waals surface area contributed by atoms with Crippen LogP contribution in [0, 0.1) is 5.82 Å². The number of carbonyl (C=O) groups excluding carboxylic acids is 1. The lowest BCUT2D eigenvalue weighted by Gasteiger charge is -2.35. The number of nitrogens with zero attached hydrogens (tertiary/aromatic N) is 6. The summed E-state index contributed by atoms with van der Waals surface area (Å²) in [6, 6.07) is 6.12. The molecule has 0 spiro atoms. The zero-order valence-electron chi connectivity index (χ0n) is 16.2. The van der Waals surface area contributed by atoms with Gasteiger partial charge >= 0.3 is 0 Å². The number of halogens is 2. The highest BCUT2D eigenvalue weighted by atomic mass is 35.5. The molecule has 29 heavy (non-hydrogen) atoms. The average molecular weight is 420 g/mol. The first-order valence-electron chi connectivity index (χ1n) is 9.30. The minimum atomic E-state index is -0.408. The van der Waals surface area contributed by atoms with E-state index in [4.69, 9.17) is 0 Å². The van der Waals surface area contributed by atoms with Gasteiger partial charge in [0.15, 0.2) is 0 Å². The van der Waals surface area contributed by atoms with Crippen LogP contribution in [0.2, 0.25) is 0 Å². The molecule has 3 heterocycles. The fourth-order valence-corrected chi connectivity index (χ4v) is 3.48. The number of benzene rings is 1. The number of piperazine rings is 1. The van der Waals surface area contributed by atoms with Gasteiger partial charge in [-0.3, -0.25) is 4.79 Å². The monoisotopic (exact) mass is 419 g/mol. The number of imidazole rings is 1. The van der Waals surface area contributed by atoms with E-state index in [0.717, 1.165) is 5.82 Å². The van der Waals surface area contributed by atoms with Crippen molar-refractivity contribution < 1.29 is 9.18 Å². The SMILES string of the molecule is CCc1nc(C(=O)N2CCNCC2c2nccn2C)nn1-c1ccccc1F.Cl. The van der Waals surface area contributed by atoms with Gasteiger partial charge < -0.3 is 14.8 Å². The van der Waals surface area contributed by atoms with E-state index >= 15 is 0 Å². The number of amides is 1. The van der Waals surface area contributed by atoms with E-state index in [9.17, 15) is 9.18 Å². The first kappa shape index (κ1) is 20.9. The average Bonchev–Trinajstić information content (AvgIpc) is 3.34. The maximum atomic E-state index is 14.2. The molecule has 2 aromatic heterocycles. The molecule has 0 bridgehead atoms. The van der Waals surface area contributed by atoms with E-state index in [1.54, 1.807) is 29.3 Å². The molecule has 10 heteroatoms. The first-order valence-corrected chi connectivity index (χ1v) is 9.30. The van der Waals surface area contributed by atoms with E-state index in [1.807, 2.05) is 24.7 Å². The summed E-state index contributed by atoms with van der Waals surface area (Å²) in [7, 11) is 1.90. The van der Waals surface area contributed by atoms with E-state index in [1.165, 1.54) is 10.7 Å². The third-order valence-corrected chi connectivity index (χ3v) is 4.92. The van der Waals surface area contributed by atoms with E-state index in [-0.39, 0.29) is 35.9 Å². The highest BCUT2D eigenvalue weighted by Gasteiger charge is 2.33. The number of para-hydroxylation sites is 1. The summed E-state index contributed by atoms with van der Waals surface area (Å²) in [6.45, 7) is 3.70. The predicted molar refractivity (Wildman–Crippen MR) is 108 cm³/mol.